The molecule has 0 radical (unpaired) electrons. The third-order valence-corrected chi connectivity index (χ3v) is 3.61. The molecule has 2 heterocycles. The minimum Gasteiger partial charge on any atom is -0.394 e. The zero-order valence-electron chi connectivity index (χ0n) is 11.8. The van der Waals surface area contributed by atoms with Crippen LogP contribution in [0.25, 0.3) is 0 Å². The van der Waals surface area contributed by atoms with Crippen molar-refractivity contribution in [1.82, 2.24) is 9.78 Å². The van der Waals surface area contributed by atoms with Crippen LogP contribution in [0.15, 0.2) is 0 Å². The van der Waals surface area contributed by atoms with Gasteiger partial charge in [0.25, 0.3) is 0 Å². The van der Waals surface area contributed by atoms with Gasteiger partial charge < -0.3 is 15.4 Å². The summed E-state index contributed by atoms with van der Waals surface area (Å²) in [7, 11) is 1.78. The second-order valence-corrected chi connectivity index (χ2v) is 5.31. The Morgan fingerprint density at radius 3 is 2.78 bits per heavy atom. The van der Waals surface area contributed by atoms with E-state index in [4.69, 9.17) is 10.5 Å². The van der Waals surface area contributed by atoms with Gasteiger partial charge in [-0.05, 0) is 33.6 Å². The van der Waals surface area contributed by atoms with Gasteiger partial charge in [0.15, 0.2) is 5.82 Å². The summed E-state index contributed by atoms with van der Waals surface area (Å²) < 4.78 is 7.51. The summed E-state index contributed by atoms with van der Waals surface area (Å²) in [6, 6.07) is 0.318. The zero-order valence-corrected chi connectivity index (χ0v) is 11.8. The number of rotatable bonds is 3. The molecule has 1 saturated heterocycles. The molecule has 1 atom stereocenters. The number of nitrogens with two attached hydrogens (primary N) is 1. The fourth-order valence-corrected chi connectivity index (χ4v) is 2.55. The Morgan fingerprint density at radius 1 is 1.44 bits per heavy atom. The predicted molar refractivity (Wildman–Crippen MR) is 74.0 cm³/mol. The fraction of sp³-hybridized carbons (Fsp3) is 0.769. The van der Waals surface area contributed by atoms with Gasteiger partial charge in [0.2, 0.25) is 0 Å². The molecule has 1 aromatic rings. The summed E-state index contributed by atoms with van der Waals surface area (Å²) in [6.45, 7) is 8.16. The molecule has 0 saturated carbocycles. The average Bonchev–Trinajstić information content (AvgIpc) is 2.66. The predicted octanol–water partition coefficient (Wildman–Crippen LogP) is 1.97. The molecule has 2 rings (SSSR count). The van der Waals surface area contributed by atoms with Gasteiger partial charge in [-0.1, -0.05) is 0 Å². The summed E-state index contributed by atoms with van der Waals surface area (Å²) in [5.41, 5.74) is 7.91. The van der Waals surface area contributed by atoms with Gasteiger partial charge in [0, 0.05) is 26.2 Å². The maximum atomic E-state index is 6.19. The smallest absolute Gasteiger partial charge is 0.151 e. The Bertz CT molecular complexity index is 413. The second-order valence-electron chi connectivity index (χ2n) is 5.31. The van der Waals surface area contributed by atoms with E-state index >= 15 is 0 Å². The topological polar surface area (TPSA) is 56.3 Å². The zero-order chi connectivity index (χ0) is 13.3. The number of methoxy groups -OCH3 is 1. The van der Waals surface area contributed by atoms with Crippen LogP contribution in [-0.2, 0) is 4.74 Å². The van der Waals surface area contributed by atoms with Crippen molar-refractivity contribution in [1.29, 1.82) is 0 Å². The number of hydrogen-bond donors (Lipinski definition) is 1. The largest absolute Gasteiger partial charge is 0.394 e. The van der Waals surface area contributed by atoms with Crippen molar-refractivity contribution < 1.29 is 4.74 Å². The summed E-state index contributed by atoms with van der Waals surface area (Å²) in [5, 5.41) is 4.54. The van der Waals surface area contributed by atoms with Crippen LogP contribution in [0.2, 0.25) is 0 Å². The molecule has 5 nitrogen and oxygen atoms in total. The quantitative estimate of drug-likeness (QED) is 0.893. The summed E-state index contributed by atoms with van der Waals surface area (Å²) in [5.74, 6) is 1.06. The third kappa shape index (κ3) is 2.32. The van der Waals surface area contributed by atoms with Crippen molar-refractivity contribution in [3.63, 3.8) is 0 Å². The van der Waals surface area contributed by atoms with E-state index in [9.17, 15) is 0 Å². The Kier molecular flexibility index (Phi) is 3.80. The first kappa shape index (κ1) is 13.2. The van der Waals surface area contributed by atoms with Crippen molar-refractivity contribution in [2.24, 2.45) is 0 Å². The molecule has 0 aliphatic carbocycles. The maximum absolute atomic E-state index is 6.19. The molecule has 0 spiro atoms. The molecule has 102 valence electrons. The monoisotopic (exact) mass is 252 g/mol. The normalized spacial score (nSPS) is 20.7. The number of hydrogen-bond acceptors (Lipinski definition) is 4. The van der Waals surface area contributed by atoms with Gasteiger partial charge in [0.1, 0.15) is 0 Å². The van der Waals surface area contributed by atoms with E-state index in [0.29, 0.717) is 12.1 Å². The molecule has 0 bridgehead atoms. The third-order valence-electron chi connectivity index (χ3n) is 3.61. The van der Waals surface area contributed by atoms with Crippen molar-refractivity contribution >= 4 is 11.5 Å². The van der Waals surface area contributed by atoms with E-state index < -0.39 is 0 Å². The molecule has 0 aromatic carbocycles. The van der Waals surface area contributed by atoms with Crippen LogP contribution in [-0.4, -0.2) is 36.1 Å². The lowest BCUT2D eigenvalue weighted by molar-refractivity contribution is 0.0888. The number of anilines is 2. The minimum absolute atomic E-state index is 0.300. The summed E-state index contributed by atoms with van der Waals surface area (Å²) in [4.78, 5) is 2.31. The highest BCUT2D eigenvalue weighted by Gasteiger charge is 2.26. The molecule has 18 heavy (non-hydrogen) atoms. The van der Waals surface area contributed by atoms with E-state index in [-0.39, 0.29) is 0 Å². The second kappa shape index (κ2) is 5.18. The number of nitrogens with zero attached hydrogens (tertiary/aromatic N) is 3. The molecular formula is C13H24N4O. The molecule has 1 fully saturated rings. The van der Waals surface area contributed by atoms with Crippen LogP contribution in [0.4, 0.5) is 11.5 Å². The minimum atomic E-state index is 0.300. The first-order chi connectivity index (χ1) is 8.54. The standard InChI is InChI=1S/C13H24N4O/c1-9(2)17-13(12(14)10(3)15-17)16-7-5-6-11(8-16)18-4/h9,11H,5-8,14H2,1-4H3. The lowest BCUT2D eigenvalue weighted by atomic mass is 10.1. The average molecular weight is 252 g/mol. The van der Waals surface area contributed by atoms with E-state index in [0.717, 1.165) is 43.1 Å². The molecule has 0 amide bonds. The number of ether oxygens (including phenoxy) is 1. The van der Waals surface area contributed by atoms with E-state index in [1.54, 1.807) is 7.11 Å². The Balaban J connectivity index is 2.31. The van der Waals surface area contributed by atoms with Crippen LogP contribution in [0.3, 0.4) is 0 Å². The molecule has 5 heteroatoms. The first-order valence-electron chi connectivity index (χ1n) is 6.67. The number of piperidine rings is 1. The molecule has 2 N–H and O–H groups in total. The van der Waals surface area contributed by atoms with Crippen LogP contribution in [0.5, 0.6) is 0 Å². The van der Waals surface area contributed by atoms with Gasteiger partial charge in [-0.3, -0.25) is 0 Å². The highest BCUT2D eigenvalue weighted by molar-refractivity contribution is 5.66. The lowest BCUT2D eigenvalue weighted by Crippen LogP contribution is -2.40. The Hall–Kier alpha value is -1.23. The molecule has 1 aliphatic heterocycles. The first-order valence-corrected chi connectivity index (χ1v) is 6.67. The van der Waals surface area contributed by atoms with E-state index in [2.05, 4.69) is 23.8 Å². The van der Waals surface area contributed by atoms with Gasteiger partial charge in [-0.2, -0.15) is 5.10 Å². The number of aryl methyl sites for hydroxylation is 1. The van der Waals surface area contributed by atoms with Crippen molar-refractivity contribution in [3.05, 3.63) is 5.69 Å². The van der Waals surface area contributed by atoms with Gasteiger partial charge >= 0.3 is 0 Å². The number of aromatic nitrogens is 2. The van der Waals surface area contributed by atoms with Crippen LogP contribution < -0.4 is 10.6 Å². The van der Waals surface area contributed by atoms with Crippen molar-refractivity contribution in [2.45, 2.75) is 45.8 Å². The molecular weight excluding hydrogens is 228 g/mol. The van der Waals surface area contributed by atoms with Crippen molar-refractivity contribution in [3.8, 4) is 0 Å². The summed E-state index contributed by atoms with van der Waals surface area (Å²) in [6.07, 6.45) is 2.57. The fourth-order valence-electron chi connectivity index (χ4n) is 2.55. The lowest BCUT2D eigenvalue weighted by Gasteiger charge is -2.34. The van der Waals surface area contributed by atoms with Crippen LogP contribution >= 0.6 is 0 Å². The van der Waals surface area contributed by atoms with Crippen molar-refractivity contribution in [2.75, 3.05) is 30.8 Å². The number of nitrogen functional groups attached to an aromatic ring is 1. The highest BCUT2D eigenvalue weighted by Crippen LogP contribution is 2.31. The van der Waals surface area contributed by atoms with E-state index in [1.165, 1.54) is 0 Å². The van der Waals surface area contributed by atoms with E-state index in [1.807, 2.05) is 11.6 Å². The SMILES string of the molecule is COC1CCCN(c2c(N)c(C)nn2C(C)C)C1. The highest BCUT2D eigenvalue weighted by atomic mass is 16.5. The van der Waals surface area contributed by atoms with Crippen LogP contribution in [0, 0.1) is 6.92 Å². The Morgan fingerprint density at radius 2 is 2.17 bits per heavy atom. The van der Waals surface area contributed by atoms with Gasteiger partial charge in [0.05, 0.1) is 17.5 Å². The Labute approximate surface area is 109 Å². The molecule has 1 aromatic heterocycles. The molecule has 1 unspecified atom stereocenters. The van der Waals surface area contributed by atoms with Gasteiger partial charge in [-0.25, -0.2) is 4.68 Å². The maximum Gasteiger partial charge on any atom is 0.151 e. The van der Waals surface area contributed by atoms with Crippen LogP contribution in [0.1, 0.15) is 38.4 Å². The van der Waals surface area contributed by atoms with Gasteiger partial charge in [-0.15, -0.1) is 0 Å². The molecule has 1 aliphatic rings. The summed E-state index contributed by atoms with van der Waals surface area (Å²) >= 11 is 0.